The van der Waals surface area contributed by atoms with Crippen LogP contribution in [0.5, 0.6) is 0 Å². The highest BCUT2D eigenvalue weighted by Crippen LogP contribution is 2.27. The van der Waals surface area contributed by atoms with E-state index in [0.717, 1.165) is 4.79 Å². The van der Waals surface area contributed by atoms with Crippen molar-refractivity contribution in [2.24, 2.45) is 5.10 Å². The van der Waals surface area contributed by atoms with Gasteiger partial charge in [-0.05, 0) is 47.7 Å². The lowest BCUT2D eigenvalue weighted by Gasteiger charge is -2.05. The molecule has 9 nitrogen and oxygen atoms in total. The lowest BCUT2D eigenvalue weighted by molar-refractivity contribution is 0.0526. The van der Waals surface area contributed by atoms with Gasteiger partial charge in [-0.3, -0.25) is 0 Å². The van der Waals surface area contributed by atoms with E-state index in [2.05, 4.69) is 20.6 Å². The number of nitrogens with zero attached hydrogens (tertiary/aromatic N) is 5. The second kappa shape index (κ2) is 7.14. The molecule has 0 atom stereocenters. The van der Waals surface area contributed by atoms with Crippen LogP contribution in [-0.4, -0.2) is 39.1 Å². The van der Waals surface area contributed by atoms with Gasteiger partial charge in [0, 0.05) is 5.56 Å². The highest BCUT2D eigenvalue weighted by molar-refractivity contribution is 6.33. The van der Waals surface area contributed by atoms with E-state index in [1.165, 1.54) is 6.21 Å². The molecule has 2 heterocycles. The molecule has 0 spiro atoms. The minimum Gasteiger partial charge on any atom is -0.462 e. The van der Waals surface area contributed by atoms with Gasteiger partial charge in [-0.1, -0.05) is 21.5 Å². The number of nitrogens with two attached hydrogens (primary N) is 1. The number of esters is 1. The summed E-state index contributed by atoms with van der Waals surface area (Å²) in [5.74, 6) is 0.558. The largest absolute Gasteiger partial charge is 0.462 e. The predicted octanol–water partition coefficient (Wildman–Crippen LogP) is 2.23. The molecule has 0 aliphatic heterocycles. The summed E-state index contributed by atoms with van der Waals surface area (Å²) in [6.07, 6.45) is 1.42. The normalized spacial score (nSPS) is 11.1. The third kappa shape index (κ3) is 3.66. The first-order chi connectivity index (χ1) is 12.1. The number of hydrogen-bond acceptors (Lipinski definition) is 8. The molecule has 3 rings (SSSR count). The van der Waals surface area contributed by atoms with Crippen molar-refractivity contribution in [3.63, 3.8) is 0 Å². The van der Waals surface area contributed by atoms with E-state index in [-0.39, 0.29) is 18.1 Å². The summed E-state index contributed by atoms with van der Waals surface area (Å²) in [6.45, 7) is 1.99. The van der Waals surface area contributed by atoms with E-state index in [9.17, 15) is 4.79 Å². The van der Waals surface area contributed by atoms with Gasteiger partial charge in [0.25, 0.3) is 5.95 Å². The predicted molar refractivity (Wildman–Crippen MR) is 90.3 cm³/mol. The highest BCUT2D eigenvalue weighted by atomic mass is 35.5. The zero-order chi connectivity index (χ0) is 17.8. The van der Waals surface area contributed by atoms with E-state index in [1.54, 1.807) is 37.3 Å². The Bertz CT molecular complexity index is 933. The summed E-state index contributed by atoms with van der Waals surface area (Å²) in [5.41, 5.74) is 6.46. The molecule has 0 aliphatic carbocycles. The van der Waals surface area contributed by atoms with Crippen molar-refractivity contribution in [3.05, 3.63) is 46.7 Å². The Labute approximate surface area is 147 Å². The number of furan rings is 1. The number of rotatable bonds is 5. The molecule has 0 fully saturated rings. The number of benzene rings is 1. The van der Waals surface area contributed by atoms with Gasteiger partial charge in [-0.15, -0.1) is 0 Å². The molecule has 2 N–H and O–H groups in total. The minimum absolute atomic E-state index is 0.0554. The van der Waals surface area contributed by atoms with Gasteiger partial charge in [0.2, 0.25) is 0 Å². The SMILES string of the molecule is CCOC(=O)c1cc(-c2ccc(C=Nn3nnnc3N)o2)ccc1Cl. The van der Waals surface area contributed by atoms with Crippen LogP contribution in [0, 0.1) is 0 Å². The molecule has 0 aliphatic rings. The smallest absolute Gasteiger partial charge is 0.339 e. The third-order valence-corrected chi connectivity index (χ3v) is 3.47. The van der Waals surface area contributed by atoms with Gasteiger partial charge < -0.3 is 14.9 Å². The van der Waals surface area contributed by atoms with Crippen molar-refractivity contribution in [1.82, 2.24) is 20.3 Å². The molecule has 3 aromatic rings. The topological polar surface area (TPSA) is 121 Å². The Balaban J connectivity index is 1.85. The van der Waals surface area contributed by atoms with Crippen molar-refractivity contribution in [1.29, 1.82) is 0 Å². The van der Waals surface area contributed by atoms with Crippen LogP contribution in [-0.2, 0) is 4.74 Å². The molecule has 128 valence electrons. The Hall–Kier alpha value is -3.20. The van der Waals surface area contributed by atoms with E-state index < -0.39 is 5.97 Å². The molecule has 2 aromatic heterocycles. The summed E-state index contributed by atoms with van der Waals surface area (Å²) in [7, 11) is 0. The van der Waals surface area contributed by atoms with Gasteiger partial charge in [-0.25, -0.2) is 4.79 Å². The Morgan fingerprint density at radius 3 is 3.00 bits per heavy atom. The molecule has 0 bridgehead atoms. The molecule has 0 unspecified atom stereocenters. The van der Waals surface area contributed by atoms with E-state index in [1.807, 2.05) is 0 Å². The lowest BCUT2D eigenvalue weighted by Crippen LogP contribution is -2.05. The molecular weight excluding hydrogens is 348 g/mol. The van der Waals surface area contributed by atoms with Crippen LogP contribution >= 0.6 is 11.6 Å². The maximum Gasteiger partial charge on any atom is 0.339 e. The number of aromatic nitrogens is 4. The van der Waals surface area contributed by atoms with Crippen LogP contribution < -0.4 is 5.73 Å². The van der Waals surface area contributed by atoms with E-state index in [4.69, 9.17) is 26.5 Å². The van der Waals surface area contributed by atoms with Crippen molar-refractivity contribution in [2.75, 3.05) is 12.3 Å². The first kappa shape index (κ1) is 16.7. The Kier molecular flexibility index (Phi) is 4.75. The van der Waals surface area contributed by atoms with Crippen LogP contribution in [0.4, 0.5) is 5.95 Å². The van der Waals surface area contributed by atoms with Crippen LogP contribution in [0.1, 0.15) is 23.0 Å². The average molecular weight is 361 g/mol. The van der Waals surface area contributed by atoms with Gasteiger partial charge in [0.1, 0.15) is 11.5 Å². The molecule has 0 saturated heterocycles. The van der Waals surface area contributed by atoms with E-state index in [0.29, 0.717) is 22.1 Å². The summed E-state index contributed by atoms with van der Waals surface area (Å²) < 4.78 is 10.7. The van der Waals surface area contributed by atoms with Crippen molar-refractivity contribution in [3.8, 4) is 11.3 Å². The second-order valence-electron chi connectivity index (χ2n) is 4.79. The highest BCUT2D eigenvalue weighted by Gasteiger charge is 2.14. The fourth-order valence-corrected chi connectivity index (χ4v) is 2.20. The van der Waals surface area contributed by atoms with Gasteiger partial charge in [0.05, 0.1) is 23.4 Å². The van der Waals surface area contributed by atoms with Gasteiger partial charge in [-0.2, -0.15) is 5.10 Å². The fraction of sp³-hybridized carbons (Fsp3) is 0.133. The molecule has 0 amide bonds. The third-order valence-electron chi connectivity index (χ3n) is 3.14. The first-order valence-electron chi connectivity index (χ1n) is 7.23. The number of anilines is 1. The van der Waals surface area contributed by atoms with Crippen LogP contribution in [0.15, 0.2) is 39.9 Å². The number of carbonyl (C=O) groups excluding carboxylic acids is 1. The number of hydrogen-bond donors (Lipinski definition) is 1. The van der Waals surface area contributed by atoms with Gasteiger partial charge in [0.15, 0.2) is 0 Å². The molecule has 0 radical (unpaired) electrons. The quantitative estimate of drug-likeness (QED) is 0.546. The van der Waals surface area contributed by atoms with Crippen molar-refractivity contribution >= 4 is 29.7 Å². The van der Waals surface area contributed by atoms with Crippen molar-refractivity contribution < 1.29 is 13.9 Å². The number of ether oxygens (including phenoxy) is 1. The monoisotopic (exact) mass is 360 g/mol. The summed E-state index contributed by atoms with van der Waals surface area (Å²) in [5, 5.41) is 14.7. The standard InChI is InChI=1S/C15H13ClN6O3/c1-2-24-14(23)11-7-9(3-5-12(11)16)13-6-4-10(25-13)8-18-22-15(17)19-20-21-22/h3-8H,2H2,1H3,(H2,17,19,21). The number of nitrogen functional groups attached to an aromatic ring is 1. The number of halogens is 1. The molecule has 0 saturated carbocycles. The summed E-state index contributed by atoms with van der Waals surface area (Å²) in [6, 6.07) is 8.41. The molecule has 1 aromatic carbocycles. The maximum absolute atomic E-state index is 11.9. The molecular formula is C15H13ClN6O3. The zero-order valence-corrected chi connectivity index (χ0v) is 13.8. The van der Waals surface area contributed by atoms with Crippen LogP contribution in [0.2, 0.25) is 5.02 Å². The van der Waals surface area contributed by atoms with Crippen LogP contribution in [0.25, 0.3) is 11.3 Å². The minimum atomic E-state index is -0.489. The van der Waals surface area contributed by atoms with Gasteiger partial charge >= 0.3 is 5.97 Å². The average Bonchev–Trinajstić information content (AvgIpc) is 3.22. The summed E-state index contributed by atoms with van der Waals surface area (Å²) in [4.78, 5) is 13.0. The summed E-state index contributed by atoms with van der Waals surface area (Å²) >= 11 is 6.06. The maximum atomic E-state index is 11.9. The van der Waals surface area contributed by atoms with Crippen molar-refractivity contribution in [2.45, 2.75) is 6.92 Å². The zero-order valence-electron chi connectivity index (χ0n) is 13.1. The molecule has 25 heavy (non-hydrogen) atoms. The number of carbonyl (C=O) groups is 1. The first-order valence-corrected chi connectivity index (χ1v) is 7.61. The lowest BCUT2D eigenvalue weighted by atomic mass is 10.1. The molecule has 10 heteroatoms. The van der Waals surface area contributed by atoms with E-state index >= 15 is 0 Å². The Morgan fingerprint density at radius 1 is 1.44 bits per heavy atom. The number of tetrazole rings is 1. The fourth-order valence-electron chi connectivity index (χ4n) is 2.00. The van der Waals surface area contributed by atoms with Crippen LogP contribution in [0.3, 0.4) is 0 Å². The Morgan fingerprint density at radius 2 is 2.28 bits per heavy atom. The second-order valence-corrected chi connectivity index (χ2v) is 5.20.